The lowest BCUT2D eigenvalue weighted by Crippen LogP contribution is -2.31. The molecule has 0 spiro atoms. The predicted octanol–water partition coefficient (Wildman–Crippen LogP) is 2.31. The van der Waals surface area contributed by atoms with Gasteiger partial charge in [0.1, 0.15) is 11.9 Å². The molecule has 1 N–H and O–H groups in total. The average molecular weight is 328 g/mol. The van der Waals surface area contributed by atoms with Gasteiger partial charge in [0.15, 0.2) is 0 Å². The Morgan fingerprint density at radius 2 is 2.12 bits per heavy atom. The number of likely N-dealkylation sites (tertiary alicyclic amines) is 1. The zero-order valence-corrected chi connectivity index (χ0v) is 14.5. The molecule has 1 saturated heterocycles. The van der Waals surface area contributed by atoms with Crippen molar-refractivity contribution in [3.63, 3.8) is 0 Å². The zero-order valence-electron chi connectivity index (χ0n) is 14.5. The summed E-state index contributed by atoms with van der Waals surface area (Å²) in [4.78, 5) is 26.5. The van der Waals surface area contributed by atoms with E-state index in [-0.39, 0.29) is 29.7 Å². The van der Waals surface area contributed by atoms with Gasteiger partial charge in [0.25, 0.3) is 0 Å². The molecule has 1 aliphatic heterocycles. The quantitative estimate of drug-likeness (QED) is 0.921. The maximum absolute atomic E-state index is 12.6. The molecule has 2 amide bonds. The summed E-state index contributed by atoms with van der Waals surface area (Å²) in [6.45, 7) is 7.34. The first-order valence-electron chi connectivity index (χ1n) is 8.49. The number of hydrogen-bond acceptors (Lipinski definition) is 3. The Hall–Kier alpha value is -2.29. The third kappa shape index (κ3) is 3.45. The van der Waals surface area contributed by atoms with E-state index < -0.39 is 0 Å². The number of amides is 2. The summed E-state index contributed by atoms with van der Waals surface area (Å²) in [5.41, 5.74) is 0.263. The van der Waals surface area contributed by atoms with E-state index in [0.29, 0.717) is 23.8 Å². The SMILES string of the molecule is CC(C)(C)n1cc(C#N)cc1NC(=O)C1CC(=O)N(CC2CC2)C1. The molecule has 2 aliphatic rings. The lowest BCUT2D eigenvalue weighted by atomic mass is 10.1. The standard InChI is InChI=1S/C18H24N4O2/c1-18(2,3)22-10-13(8-19)6-15(22)20-17(24)14-7-16(23)21(11-14)9-12-4-5-12/h6,10,12,14H,4-5,7,9,11H2,1-3H3,(H,20,24). The molecule has 0 bridgehead atoms. The van der Waals surface area contributed by atoms with Crippen molar-refractivity contribution < 1.29 is 9.59 Å². The molecule has 1 atom stereocenters. The van der Waals surface area contributed by atoms with Crippen LogP contribution < -0.4 is 5.32 Å². The zero-order chi connectivity index (χ0) is 17.5. The first-order valence-corrected chi connectivity index (χ1v) is 8.49. The van der Waals surface area contributed by atoms with Crippen LogP contribution in [0, 0.1) is 23.2 Å². The minimum absolute atomic E-state index is 0.0750. The lowest BCUT2D eigenvalue weighted by molar-refractivity contribution is -0.128. The van der Waals surface area contributed by atoms with Gasteiger partial charge in [-0.2, -0.15) is 5.26 Å². The number of aromatic nitrogens is 1. The van der Waals surface area contributed by atoms with Gasteiger partial charge in [-0.25, -0.2) is 0 Å². The fourth-order valence-corrected chi connectivity index (χ4v) is 3.14. The molecule has 0 aromatic carbocycles. The normalized spacial score (nSPS) is 21.0. The molecule has 1 saturated carbocycles. The Labute approximate surface area is 142 Å². The summed E-state index contributed by atoms with van der Waals surface area (Å²) in [5, 5.41) is 12.0. The topological polar surface area (TPSA) is 78.1 Å². The second-order valence-corrected chi connectivity index (χ2v) is 7.90. The summed E-state index contributed by atoms with van der Waals surface area (Å²) in [7, 11) is 0. The van der Waals surface area contributed by atoms with Crippen LogP contribution in [0.4, 0.5) is 5.82 Å². The Kier molecular flexibility index (Phi) is 4.12. The molecule has 6 nitrogen and oxygen atoms in total. The van der Waals surface area contributed by atoms with Crippen molar-refractivity contribution in [1.82, 2.24) is 9.47 Å². The molecule has 3 rings (SSSR count). The number of nitrogens with zero attached hydrogens (tertiary/aromatic N) is 3. The summed E-state index contributed by atoms with van der Waals surface area (Å²) in [6, 6.07) is 3.79. The monoisotopic (exact) mass is 328 g/mol. The molecular formula is C18H24N4O2. The van der Waals surface area contributed by atoms with Crippen molar-refractivity contribution in [2.45, 2.75) is 45.6 Å². The van der Waals surface area contributed by atoms with E-state index in [2.05, 4.69) is 11.4 Å². The van der Waals surface area contributed by atoms with Crippen molar-refractivity contribution in [2.75, 3.05) is 18.4 Å². The Morgan fingerprint density at radius 1 is 1.42 bits per heavy atom. The fourth-order valence-electron chi connectivity index (χ4n) is 3.14. The molecular weight excluding hydrogens is 304 g/mol. The van der Waals surface area contributed by atoms with Crippen molar-refractivity contribution >= 4 is 17.6 Å². The summed E-state index contributed by atoms with van der Waals surface area (Å²) < 4.78 is 1.89. The second-order valence-electron chi connectivity index (χ2n) is 7.90. The van der Waals surface area contributed by atoms with E-state index in [1.165, 1.54) is 12.8 Å². The van der Waals surface area contributed by atoms with Crippen LogP contribution in [-0.2, 0) is 15.1 Å². The van der Waals surface area contributed by atoms with Crippen LogP contribution in [0.2, 0.25) is 0 Å². The van der Waals surface area contributed by atoms with E-state index in [0.717, 1.165) is 6.54 Å². The molecule has 6 heteroatoms. The third-order valence-electron chi connectivity index (χ3n) is 4.68. The van der Waals surface area contributed by atoms with E-state index in [1.54, 1.807) is 12.3 Å². The molecule has 24 heavy (non-hydrogen) atoms. The van der Waals surface area contributed by atoms with Gasteiger partial charge in [-0.1, -0.05) is 0 Å². The van der Waals surface area contributed by atoms with Crippen LogP contribution in [-0.4, -0.2) is 34.4 Å². The third-order valence-corrected chi connectivity index (χ3v) is 4.68. The lowest BCUT2D eigenvalue weighted by Gasteiger charge is -2.25. The van der Waals surface area contributed by atoms with Crippen LogP contribution in [0.15, 0.2) is 12.3 Å². The molecule has 128 valence electrons. The number of nitriles is 1. The molecule has 2 fully saturated rings. The van der Waals surface area contributed by atoms with Crippen molar-refractivity contribution in [3.05, 3.63) is 17.8 Å². The Morgan fingerprint density at radius 3 is 2.71 bits per heavy atom. The van der Waals surface area contributed by atoms with Gasteiger partial charge in [-0.3, -0.25) is 9.59 Å². The van der Waals surface area contributed by atoms with E-state index in [9.17, 15) is 9.59 Å². The molecule has 1 unspecified atom stereocenters. The van der Waals surface area contributed by atoms with Gasteiger partial charge >= 0.3 is 0 Å². The van der Waals surface area contributed by atoms with Gasteiger partial charge in [0, 0.05) is 31.2 Å². The van der Waals surface area contributed by atoms with Crippen LogP contribution in [0.3, 0.4) is 0 Å². The molecule has 1 aromatic heterocycles. The first kappa shape index (κ1) is 16.6. The van der Waals surface area contributed by atoms with Gasteiger partial charge in [0.2, 0.25) is 11.8 Å². The predicted molar refractivity (Wildman–Crippen MR) is 90.2 cm³/mol. The van der Waals surface area contributed by atoms with E-state index in [4.69, 9.17) is 5.26 Å². The Bertz CT molecular complexity index is 704. The number of anilines is 1. The van der Waals surface area contributed by atoms with Crippen molar-refractivity contribution in [2.24, 2.45) is 11.8 Å². The number of carbonyl (C=O) groups is 2. The maximum atomic E-state index is 12.6. The minimum Gasteiger partial charge on any atom is -0.342 e. The molecule has 1 aliphatic carbocycles. The average Bonchev–Trinajstić information content (AvgIpc) is 3.09. The van der Waals surface area contributed by atoms with Gasteiger partial charge in [0.05, 0.1) is 11.5 Å². The van der Waals surface area contributed by atoms with Gasteiger partial charge in [-0.05, 0) is 45.6 Å². The number of carbonyl (C=O) groups excluding carboxylic acids is 2. The summed E-state index contributed by atoms with van der Waals surface area (Å²) in [5.74, 6) is 0.857. The summed E-state index contributed by atoms with van der Waals surface area (Å²) in [6.07, 6.45) is 4.40. The highest BCUT2D eigenvalue weighted by molar-refractivity contribution is 5.96. The minimum atomic E-state index is -0.315. The highest BCUT2D eigenvalue weighted by atomic mass is 16.2. The van der Waals surface area contributed by atoms with E-state index in [1.807, 2.05) is 30.2 Å². The Balaban J connectivity index is 1.70. The second kappa shape index (κ2) is 5.97. The maximum Gasteiger partial charge on any atom is 0.230 e. The van der Waals surface area contributed by atoms with E-state index >= 15 is 0 Å². The van der Waals surface area contributed by atoms with Crippen molar-refractivity contribution in [3.8, 4) is 6.07 Å². The summed E-state index contributed by atoms with van der Waals surface area (Å²) >= 11 is 0. The smallest absolute Gasteiger partial charge is 0.230 e. The van der Waals surface area contributed by atoms with Crippen LogP contribution in [0.5, 0.6) is 0 Å². The van der Waals surface area contributed by atoms with Crippen LogP contribution >= 0.6 is 0 Å². The highest BCUT2D eigenvalue weighted by Crippen LogP contribution is 2.32. The molecule has 0 radical (unpaired) electrons. The van der Waals surface area contributed by atoms with Crippen LogP contribution in [0.25, 0.3) is 0 Å². The largest absolute Gasteiger partial charge is 0.342 e. The molecule has 1 aromatic rings. The number of rotatable bonds is 4. The number of nitrogens with one attached hydrogen (secondary N) is 1. The molecule has 2 heterocycles. The fraction of sp³-hybridized carbons (Fsp3) is 0.611. The van der Waals surface area contributed by atoms with Gasteiger partial charge in [-0.15, -0.1) is 0 Å². The first-order chi connectivity index (χ1) is 11.3. The van der Waals surface area contributed by atoms with Crippen molar-refractivity contribution in [1.29, 1.82) is 5.26 Å². The number of hydrogen-bond donors (Lipinski definition) is 1. The van der Waals surface area contributed by atoms with Gasteiger partial charge < -0.3 is 14.8 Å². The highest BCUT2D eigenvalue weighted by Gasteiger charge is 2.37. The van der Waals surface area contributed by atoms with Crippen LogP contribution in [0.1, 0.15) is 45.6 Å².